The molecule has 31 heavy (non-hydrogen) atoms. The van der Waals surface area contributed by atoms with Gasteiger partial charge in [0.15, 0.2) is 5.16 Å². The van der Waals surface area contributed by atoms with Crippen molar-refractivity contribution in [2.45, 2.75) is 49.2 Å². The number of nitrogens with two attached hydrogens (primary N) is 1. The maximum absolute atomic E-state index is 13.1. The molecule has 164 valence electrons. The van der Waals surface area contributed by atoms with Crippen molar-refractivity contribution in [2.24, 2.45) is 5.14 Å². The number of aryl methyl sites for hydroxylation is 2. The summed E-state index contributed by atoms with van der Waals surface area (Å²) < 4.78 is 24.3. The number of carbonyl (C=O) groups excluding carboxylic acids is 1. The highest BCUT2D eigenvalue weighted by Crippen LogP contribution is 2.34. The molecule has 0 bridgehead atoms. The van der Waals surface area contributed by atoms with E-state index in [1.54, 1.807) is 15.9 Å². The third kappa shape index (κ3) is 4.54. The van der Waals surface area contributed by atoms with Crippen LogP contribution in [0.5, 0.6) is 0 Å². The first-order valence-electron chi connectivity index (χ1n) is 9.88. The number of fused-ring (bicyclic) bond motifs is 3. The number of anilines is 1. The predicted octanol–water partition coefficient (Wildman–Crippen LogP) is 2.73. The van der Waals surface area contributed by atoms with Gasteiger partial charge in [0.1, 0.15) is 4.83 Å². The molecule has 11 heteroatoms. The van der Waals surface area contributed by atoms with Gasteiger partial charge in [-0.3, -0.25) is 14.2 Å². The number of thiophene rings is 1. The quantitative estimate of drug-likeness (QED) is 0.415. The van der Waals surface area contributed by atoms with Crippen LogP contribution in [0.25, 0.3) is 10.2 Å². The van der Waals surface area contributed by atoms with Gasteiger partial charge in [0.2, 0.25) is 15.9 Å². The molecule has 1 aromatic carbocycles. The summed E-state index contributed by atoms with van der Waals surface area (Å²) in [6, 6.07) is 5.62. The molecular weight excluding hydrogens is 456 g/mol. The van der Waals surface area contributed by atoms with Gasteiger partial charge in [-0.1, -0.05) is 11.8 Å². The second kappa shape index (κ2) is 8.73. The van der Waals surface area contributed by atoms with E-state index in [9.17, 15) is 18.0 Å². The Morgan fingerprint density at radius 3 is 2.65 bits per heavy atom. The third-order valence-corrected chi connectivity index (χ3v) is 8.25. The maximum Gasteiger partial charge on any atom is 0.263 e. The zero-order chi connectivity index (χ0) is 22.2. The fraction of sp³-hybridized carbons (Fsp3) is 0.350. The second-order valence-corrected chi connectivity index (χ2v) is 10.8. The molecule has 1 amide bonds. The lowest BCUT2D eigenvalue weighted by Crippen LogP contribution is -2.24. The van der Waals surface area contributed by atoms with Gasteiger partial charge in [-0.05, 0) is 62.4 Å². The van der Waals surface area contributed by atoms with Crippen molar-refractivity contribution in [3.05, 3.63) is 45.1 Å². The van der Waals surface area contributed by atoms with Crippen LogP contribution in [0.4, 0.5) is 5.69 Å². The molecule has 3 N–H and O–H groups in total. The normalized spacial score (nSPS) is 13.9. The number of nitrogens with zero attached hydrogens (tertiary/aromatic N) is 2. The average Bonchev–Trinajstić information content (AvgIpc) is 3.10. The largest absolute Gasteiger partial charge is 0.325 e. The van der Waals surface area contributed by atoms with Gasteiger partial charge in [0.25, 0.3) is 5.56 Å². The Morgan fingerprint density at radius 1 is 1.26 bits per heavy atom. The molecule has 4 rings (SSSR count). The summed E-state index contributed by atoms with van der Waals surface area (Å²) in [6.45, 7) is 2.37. The maximum atomic E-state index is 13.1. The second-order valence-electron chi connectivity index (χ2n) is 7.24. The van der Waals surface area contributed by atoms with Crippen LogP contribution in [0.15, 0.2) is 39.1 Å². The standard InChI is InChI=1S/C20H22N4O4S3/c1-2-24-19(26)17-14-5-3-4-6-15(14)30-18(17)23-20(24)29-11-16(25)22-12-7-9-13(10-8-12)31(21,27)28/h7-10H,2-6,11H2,1H3,(H,22,25)(H2,21,27,28). The first-order valence-corrected chi connectivity index (χ1v) is 13.2. The molecule has 0 spiro atoms. The molecule has 0 unspecified atom stereocenters. The SMILES string of the molecule is CCn1c(SCC(=O)Nc2ccc(S(N)(=O)=O)cc2)nc2sc3c(c2c1=O)CCCC3. The minimum atomic E-state index is -3.78. The number of thioether (sulfide) groups is 1. The Kier molecular flexibility index (Phi) is 6.20. The number of sulfonamides is 1. The number of hydrogen-bond donors (Lipinski definition) is 2. The highest BCUT2D eigenvalue weighted by atomic mass is 32.2. The molecule has 1 aliphatic rings. The first-order chi connectivity index (χ1) is 14.8. The van der Waals surface area contributed by atoms with E-state index in [-0.39, 0.29) is 22.1 Å². The fourth-order valence-electron chi connectivity index (χ4n) is 3.66. The monoisotopic (exact) mass is 478 g/mol. The number of primary sulfonamides is 1. The highest BCUT2D eigenvalue weighted by molar-refractivity contribution is 7.99. The molecule has 1 aliphatic carbocycles. The van der Waals surface area contributed by atoms with Crippen LogP contribution in [0.2, 0.25) is 0 Å². The molecule has 0 atom stereocenters. The van der Waals surface area contributed by atoms with E-state index in [0.29, 0.717) is 17.4 Å². The van der Waals surface area contributed by atoms with Crippen molar-refractivity contribution in [1.29, 1.82) is 0 Å². The molecule has 0 saturated carbocycles. The van der Waals surface area contributed by atoms with Gasteiger partial charge in [0.05, 0.1) is 16.0 Å². The minimum absolute atomic E-state index is 0.0250. The zero-order valence-corrected chi connectivity index (χ0v) is 19.3. The Morgan fingerprint density at radius 2 is 1.97 bits per heavy atom. The fourth-order valence-corrected chi connectivity index (χ4v) is 6.35. The third-order valence-electron chi connectivity index (χ3n) is 5.16. The van der Waals surface area contributed by atoms with Crippen LogP contribution in [0.3, 0.4) is 0 Å². The molecule has 0 saturated heterocycles. The van der Waals surface area contributed by atoms with Gasteiger partial charge >= 0.3 is 0 Å². The number of benzene rings is 1. The van der Waals surface area contributed by atoms with E-state index in [0.717, 1.165) is 41.5 Å². The summed E-state index contributed by atoms with van der Waals surface area (Å²) in [5, 5.41) is 9.06. The first kappa shape index (κ1) is 22.0. The summed E-state index contributed by atoms with van der Waals surface area (Å²) >= 11 is 2.80. The van der Waals surface area contributed by atoms with Gasteiger partial charge in [0, 0.05) is 17.1 Å². The lowest BCUT2D eigenvalue weighted by molar-refractivity contribution is -0.113. The lowest BCUT2D eigenvalue weighted by Gasteiger charge is -2.12. The van der Waals surface area contributed by atoms with E-state index in [1.165, 1.54) is 40.9 Å². The van der Waals surface area contributed by atoms with Crippen molar-refractivity contribution >= 4 is 54.9 Å². The van der Waals surface area contributed by atoms with E-state index in [4.69, 9.17) is 10.1 Å². The van der Waals surface area contributed by atoms with Crippen molar-refractivity contribution in [1.82, 2.24) is 9.55 Å². The van der Waals surface area contributed by atoms with Crippen molar-refractivity contribution in [3.63, 3.8) is 0 Å². The Bertz CT molecular complexity index is 1310. The lowest BCUT2D eigenvalue weighted by atomic mass is 9.97. The molecular formula is C20H22N4O4S3. The Hall–Kier alpha value is -2.21. The van der Waals surface area contributed by atoms with Crippen molar-refractivity contribution in [3.8, 4) is 0 Å². The van der Waals surface area contributed by atoms with E-state index in [1.807, 2.05) is 6.92 Å². The number of carbonyl (C=O) groups is 1. The number of amides is 1. The van der Waals surface area contributed by atoms with Gasteiger partial charge in [-0.2, -0.15) is 0 Å². The minimum Gasteiger partial charge on any atom is -0.325 e. The summed E-state index contributed by atoms with van der Waals surface area (Å²) in [5.74, 6) is -0.212. The van der Waals surface area contributed by atoms with E-state index < -0.39 is 10.0 Å². The molecule has 8 nitrogen and oxygen atoms in total. The highest BCUT2D eigenvalue weighted by Gasteiger charge is 2.22. The van der Waals surface area contributed by atoms with Crippen LogP contribution in [-0.2, 0) is 34.2 Å². The van der Waals surface area contributed by atoms with Crippen LogP contribution >= 0.6 is 23.1 Å². The average molecular weight is 479 g/mol. The molecule has 0 radical (unpaired) electrons. The number of rotatable bonds is 6. The molecule has 2 aromatic heterocycles. The molecule has 3 aromatic rings. The van der Waals surface area contributed by atoms with E-state index in [2.05, 4.69) is 5.32 Å². The van der Waals surface area contributed by atoms with Gasteiger partial charge in [-0.15, -0.1) is 11.3 Å². The predicted molar refractivity (Wildman–Crippen MR) is 123 cm³/mol. The Balaban J connectivity index is 1.52. The molecule has 0 fully saturated rings. The zero-order valence-electron chi connectivity index (χ0n) is 16.9. The molecule has 2 heterocycles. The Labute approximate surface area is 187 Å². The summed E-state index contributed by atoms with van der Waals surface area (Å²) in [5.41, 5.74) is 1.58. The van der Waals surface area contributed by atoms with Gasteiger partial charge < -0.3 is 5.32 Å². The molecule has 0 aliphatic heterocycles. The van der Waals surface area contributed by atoms with Crippen molar-refractivity contribution in [2.75, 3.05) is 11.1 Å². The number of nitrogens with one attached hydrogen (secondary N) is 1. The van der Waals surface area contributed by atoms with Crippen LogP contribution in [-0.4, -0.2) is 29.6 Å². The van der Waals surface area contributed by atoms with Gasteiger partial charge in [-0.25, -0.2) is 18.5 Å². The smallest absolute Gasteiger partial charge is 0.263 e. The van der Waals surface area contributed by atoms with Crippen LogP contribution < -0.4 is 16.0 Å². The summed E-state index contributed by atoms with van der Waals surface area (Å²) in [4.78, 5) is 32.2. The van der Waals surface area contributed by atoms with E-state index >= 15 is 0 Å². The van der Waals surface area contributed by atoms with Crippen molar-refractivity contribution < 1.29 is 13.2 Å². The number of hydrogen-bond acceptors (Lipinski definition) is 7. The topological polar surface area (TPSA) is 124 Å². The van der Waals surface area contributed by atoms with Crippen LogP contribution in [0.1, 0.15) is 30.2 Å². The number of aromatic nitrogens is 2. The van der Waals surface area contributed by atoms with Crippen LogP contribution in [0, 0.1) is 0 Å². The summed E-state index contributed by atoms with van der Waals surface area (Å²) in [6.07, 6.45) is 4.16. The summed E-state index contributed by atoms with van der Waals surface area (Å²) in [7, 11) is -3.78.